The van der Waals surface area contributed by atoms with Crippen LogP contribution in [0.5, 0.6) is 0 Å². The van der Waals surface area contributed by atoms with Crippen LogP contribution >= 0.6 is 11.6 Å². The third-order valence-electron chi connectivity index (χ3n) is 6.12. The Bertz CT molecular complexity index is 1290. The number of aryl methyl sites for hydroxylation is 1. The minimum absolute atomic E-state index is 0.124. The van der Waals surface area contributed by atoms with E-state index in [2.05, 4.69) is 28.3 Å². The van der Waals surface area contributed by atoms with E-state index >= 15 is 0 Å². The number of fused-ring (bicyclic) bond motifs is 3. The van der Waals surface area contributed by atoms with E-state index in [1.165, 1.54) is 0 Å². The van der Waals surface area contributed by atoms with Crippen LogP contribution in [0.4, 0.5) is 11.4 Å². The van der Waals surface area contributed by atoms with Crippen molar-refractivity contribution in [3.05, 3.63) is 101 Å². The third kappa shape index (κ3) is 3.84. The fraction of sp³-hybridized carbons (Fsp3) is 0.200. The third-order valence-corrected chi connectivity index (χ3v) is 7.74. The number of nitrogens with one attached hydrogen (secondary N) is 2. The predicted octanol–water partition coefficient (Wildman–Crippen LogP) is 6.28. The largest absolute Gasteiger partial charge is 0.378 e. The minimum Gasteiger partial charge on any atom is -0.378 e. The van der Waals surface area contributed by atoms with E-state index in [-0.39, 0.29) is 16.9 Å². The molecule has 0 unspecified atom stereocenters. The summed E-state index contributed by atoms with van der Waals surface area (Å²) in [6.07, 6.45) is 5.33. The fourth-order valence-electron chi connectivity index (χ4n) is 4.69. The van der Waals surface area contributed by atoms with Gasteiger partial charge in [0.1, 0.15) is 0 Å². The molecule has 1 aliphatic heterocycles. The van der Waals surface area contributed by atoms with Gasteiger partial charge in [-0.05, 0) is 78.4 Å². The van der Waals surface area contributed by atoms with Crippen molar-refractivity contribution < 1.29 is 8.42 Å². The Kier molecular flexibility index (Phi) is 5.03. The topological polar surface area (TPSA) is 58.2 Å². The Labute approximate surface area is 188 Å². The van der Waals surface area contributed by atoms with Gasteiger partial charge in [-0.2, -0.15) is 0 Å². The summed E-state index contributed by atoms with van der Waals surface area (Å²) in [4.78, 5) is 0.273. The van der Waals surface area contributed by atoms with Crippen molar-refractivity contribution in [3.8, 4) is 0 Å². The SMILES string of the molecule is Cc1cccc(NS(=O)(=O)c2ccc3c(c2)[C@H]2C=CC[C@@H]2[C@H](c2cccc(Cl)c2)N3)c1. The zero-order chi connectivity index (χ0) is 21.6. The van der Waals surface area contributed by atoms with Gasteiger partial charge in [0.05, 0.1) is 10.9 Å². The van der Waals surface area contributed by atoms with Crippen LogP contribution in [-0.4, -0.2) is 8.42 Å². The normalized spacial score (nSPS) is 21.8. The van der Waals surface area contributed by atoms with E-state index in [4.69, 9.17) is 11.6 Å². The van der Waals surface area contributed by atoms with Crippen molar-refractivity contribution in [1.29, 1.82) is 0 Å². The lowest BCUT2D eigenvalue weighted by molar-refractivity contribution is 0.425. The molecule has 2 N–H and O–H groups in total. The summed E-state index contributed by atoms with van der Waals surface area (Å²) in [7, 11) is -3.68. The minimum atomic E-state index is -3.68. The average Bonchev–Trinajstić information content (AvgIpc) is 3.23. The lowest BCUT2D eigenvalue weighted by atomic mass is 9.77. The quantitative estimate of drug-likeness (QED) is 0.460. The lowest BCUT2D eigenvalue weighted by Crippen LogP contribution is -2.29. The van der Waals surface area contributed by atoms with Gasteiger partial charge in [0.2, 0.25) is 0 Å². The summed E-state index contributed by atoms with van der Waals surface area (Å²) in [6.45, 7) is 1.94. The number of rotatable bonds is 4. The summed E-state index contributed by atoms with van der Waals surface area (Å²) < 4.78 is 28.8. The highest BCUT2D eigenvalue weighted by molar-refractivity contribution is 7.92. The van der Waals surface area contributed by atoms with Gasteiger partial charge in [0.25, 0.3) is 10.0 Å². The van der Waals surface area contributed by atoms with E-state index in [1.807, 2.05) is 55.5 Å². The fourth-order valence-corrected chi connectivity index (χ4v) is 5.98. The van der Waals surface area contributed by atoms with E-state index in [0.717, 1.165) is 33.8 Å². The van der Waals surface area contributed by atoms with Gasteiger partial charge < -0.3 is 5.32 Å². The smallest absolute Gasteiger partial charge is 0.261 e. The zero-order valence-corrected chi connectivity index (χ0v) is 18.6. The van der Waals surface area contributed by atoms with Crippen molar-refractivity contribution in [2.75, 3.05) is 10.0 Å². The number of anilines is 2. The Balaban J connectivity index is 1.50. The second-order valence-corrected chi connectivity index (χ2v) is 10.4. The molecule has 158 valence electrons. The molecule has 0 saturated carbocycles. The van der Waals surface area contributed by atoms with Crippen LogP contribution in [0.3, 0.4) is 0 Å². The van der Waals surface area contributed by atoms with Crippen LogP contribution in [0, 0.1) is 12.8 Å². The van der Waals surface area contributed by atoms with Gasteiger partial charge in [0, 0.05) is 22.3 Å². The Hall–Kier alpha value is -2.76. The molecule has 0 amide bonds. The monoisotopic (exact) mass is 450 g/mol. The van der Waals surface area contributed by atoms with Crippen LogP contribution in [0.25, 0.3) is 0 Å². The maximum Gasteiger partial charge on any atom is 0.261 e. The first-order chi connectivity index (χ1) is 14.9. The lowest BCUT2D eigenvalue weighted by Gasteiger charge is -2.37. The number of halogens is 1. The average molecular weight is 451 g/mol. The second-order valence-electron chi connectivity index (χ2n) is 8.25. The van der Waals surface area contributed by atoms with Crippen molar-refractivity contribution in [2.45, 2.75) is 30.2 Å². The molecule has 4 nitrogen and oxygen atoms in total. The molecule has 1 heterocycles. The molecular formula is C25H23ClN2O2S. The molecule has 3 aromatic rings. The summed E-state index contributed by atoms with van der Waals surface area (Å²) in [5, 5.41) is 4.35. The molecule has 0 aromatic heterocycles. The molecule has 5 rings (SSSR count). The van der Waals surface area contributed by atoms with Crippen LogP contribution in [0.15, 0.2) is 83.8 Å². The van der Waals surface area contributed by atoms with Gasteiger partial charge in [-0.3, -0.25) is 4.72 Å². The van der Waals surface area contributed by atoms with E-state index in [9.17, 15) is 8.42 Å². The van der Waals surface area contributed by atoms with Crippen molar-refractivity contribution in [2.24, 2.45) is 5.92 Å². The standard InChI is InChI=1S/C25H23ClN2O2S/c1-16-5-2-8-19(13-16)28-31(29,30)20-11-12-24-23(15-20)21-9-4-10-22(21)25(27-24)17-6-3-7-18(26)14-17/h2-9,11-15,21-22,25,27-28H,10H2,1H3/t21-,22-,25-/m0/s1. The molecule has 0 radical (unpaired) electrons. The Morgan fingerprint density at radius 1 is 1.03 bits per heavy atom. The van der Waals surface area contributed by atoms with Crippen molar-refractivity contribution in [1.82, 2.24) is 0 Å². The molecular weight excluding hydrogens is 428 g/mol. The Morgan fingerprint density at radius 2 is 1.87 bits per heavy atom. The van der Waals surface area contributed by atoms with Gasteiger partial charge in [-0.1, -0.05) is 48.0 Å². The van der Waals surface area contributed by atoms with Crippen LogP contribution in [0.2, 0.25) is 5.02 Å². The van der Waals surface area contributed by atoms with Gasteiger partial charge in [-0.25, -0.2) is 8.42 Å². The highest BCUT2D eigenvalue weighted by Gasteiger charge is 2.38. The maximum atomic E-state index is 13.0. The predicted molar refractivity (Wildman–Crippen MR) is 126 cm³/mol. The summed E-state index contributed by atoms with van der Waals surface area (Å²) in [6, 6.07) is 20.8. The van der Waals surface area contributed by atoms with E-state index in [1.54, 1.807) is 12.1 Å². The molecule has 0 bridgehead atoms. The van der Waals surface area contributed by atoms with Crippen molar-refractivity contribution >= 4 is 33.0 Å². The van der Waals surface area contributed by atoms with Gasteiger partial charge in [0.15, 0.2) is 0 Å². The molecule has 2 aliphatic rings. The summed E-state index contributed by atoms with van der Waals surface area (Å²) in [5.74, 6) is 0.475. The highest BCUT2D eigenvalue weighted by Crippen LogP contribution is 2.50. The molecule has 31 heavy (non-hydrogen) atoms. The molecule has 0 fully saturated rings. The second kappa shape index (κ2) is 7.74. The molecule has 3 atom stereocenters. The zero-order valence-electron chi connectivity index (χ0n) is 17.0. The van der Waals surface area contributed by atoms with Crippen molar-refractivity contribution in [3.63, 3.8) is 0 Å². The van der Waals surface area contributed by atoms with E-state index in [0.29, 0.717) is 11.6 Å². The van der Waals surface area contributed by atoms with Crippen LogP contribution in [-0.2, 0) is 10.0 Å². The number of sulfonamides is 1. The first kappa shape index (κ1) is 20.2. The molecule has 0 spiro atoms. The number of hydrogen-bond donors (Lipinski definition) is 2. The molecule has 1 aliphatic carbocycles. The Morgan fingerprint density at radius 3 is 2.68 bits per heavy atom. The maximum absolute atomic E-state index is 13.0. The van der Waals surface area contributed by atoms with E-state index < -0.39 is 10.0 Å². The number of benzene rings is 3. The van der Waals surface area contributed by atoms with Crippen LogP contribution in [0.1, 0.15) is 35.1 Å². The summed E-state index contributed by atoms with van der Waals surface area (Å²) in [5.41, 5.74) is 4.70. The molecule has 0 saturated heterocycles. The first-order valence-electron chi connectivity index (χ1n) is 10.3. The van der Waals surface area contributed by atoms with Crippen LogP contribution < -0.4 is 10.0 Å². The molecule has 6 heteroatoms. The summed E-state index contributed by atoms with van der Waals surface area (Å²) >= 11 is 6.24. The number of hydrogen-bond acceptors (Lipinski definition) is 3. The number of allylic oxidation sites excluding steroid dienone is 2. The first-order valence-corrected chi connectivity index (χ1v) is 12.2. The van der Waals surface area contributed by atoms with Gasteiger partial charge >= 0.3 is 0 Å². The van der Waals surface area contributed by atoms with Gasteiger partial charge in [-0.15, -0.1) is 0 Å². The highest BCUT2D eigenvalue weighted by atomic mass is 35.5. The molecule has 3 aromatic carbocycles.